The number of hydrogen-bond acceptors (Lipinski definition) is 3. The lowest BCUT2D eigenvalue weighted by Gasteiger charge is -2.07. The van der Waals surface area contributed by atoms with Crippen molar-refractivity contribution in [3.8, 4) is 5.88 Å². The Morgan fingerprint density at radius 1 is 1.20 bits per heavy atom. The summed E-state index contributed by atoms with van der Waals surface area (Å²) in [6, 6.07) is 15.2. The van der Waals surface area contributed by atoms with E-state index in [0.717, 1.165) is 16.5 Å². The smallest absolute Gasteiger partial charge is 0.221 e. The summed E-state index contributed by atoms with van der Waals surface area (Å²) in [4.78, 5) is 0. The quantitative estimate of drug-likeness (QED) is 0.499. The fraction of sp³-hybridized carbons (Fsp3) is 0.167. The van der Waals surface area contributed by atoms with Gasteiger partial charge >= 0.3 is 0 Å². The zero-order chi connectivity index (χ0) is 17.8. The van der Waals surface area contributed by atoms with Crippen molar-refractivity contribution >= 4 is 45.5 Å². The third kappa shape index (κ3) is 3.81. The van der Waals surface area contributed by atoms with Gasteiger partial charge in [-0.05, 0) is 42.9 Å². The first-order valence-electron chi connectivity index (χ1n) is 7.84. The topological polar surface area (TPSA) is 61.9 Å². The Hall–Kier alpha value is -2.44. The van der Waals surface area contributed by atoms with Gasteiger partial charge in [-0.1, -0.05) is 41.9 Å². The Labute approximate surface area is 156 Å². The van der Waals surface area contributed by atoms with E-state index in [1.807, 2.05) is 55.5 Å². The van der Waals surface area contributed by atoms with E-state index in [4.69, 9.17) is 23.8 Å². The van der Waals surface area contributed by atoms with E-state index in [2.05, 4.69) is 15.5 Å². The first kappa shape index (κ1) is 17.4. The molecule has 0 spiro atoms. The summed E-state index contributed by atoms with van der Waals surface area (Å²) in [7, 11) is 0. The van der Waals surface area contributed by atoms with Gasteiger partial charge in [0.25, 0.3) is 0 Å². The number of nitrogens with one attached hydrogen (secondary N) is 1. The van der Waals surface area contributed by atoms with Crippen molar-refractivity contribution in [1.29, 1.82) is 0 Å². The molecule has 0 aliphatic carbocycles. The largest absolute Gasteiger partial charge is 0.493 e. The third-order valence-corrected chi connectivity index (χ3v) is 4.22. The van der Waals surface area contributed by atoms with Gasteiger partial charge < -0.3 is 15.0 Å². The fourth-order valence-corrected chi connectivity index (χ4v) is 2.90. The molecular weight excluding hydrogens is 356 g/mol. The molecule has 0 saturated carbocycles. The highest BCUT2D eigenvalue weighted by Crippen LogP contribution is 2.39. The van der Waals surface area contributed by atoms with Gasteiger partial charge in [0.2, 0.25) is 11.0 Å². The lowest BCUT2D eigenvalue weighted by molar-refractivity contribution is 0.429. The lowest BCUT2D eigenvalue weighted by atomic mass is 10.2. The second-order valence-corrected chi connectivity index (χ2v) is 6.26. The van der Waals surface area contributed by atoms with Crippen molar-refractivity contribution in [2.75, 3.05) is 6.54 Å². The monoisotopic (exact) mass is 372 g/mol. The molecule has 2 N–H and O–H groups in total. The van der Waals surface area contributed by atoms with E-state index in [-0.39, 0.29) is 11.0 Å². The molecule has 0 bridgehead atoms. The van der Waals surface area contributed by atoms with E-state index >= 15 is 0 Å². The molecule has 0 aliphatic rings. The van der Waals surface area contributed by atoms with Crippen molar-refractivity contribution < 1.29 is 5.11 Å². The van der Waals surface area contributed by atoms with Crippen molar-refractivity contribution in [2.45, 2.75) is 13.5 Å². The minimum atomic E-state index is 0.0548. The summed E-state index contributed by atoms with van der Waals surface area (Å²) in [6.07, 6.45) is 0. The van der Waals surface area contributed by atoms with Crippen LogP contribution in [0.1, 0.15) is 12.5 Å². The SMILES string of the molecule is CCNC(=S)N=Nc1c(O)n(Cc2ccc(Cl)cc2)c2ccccc12. The Balaban J connectivity index is 2.03. The van der Waals surface area contributed by atoms with Crippen LogP contribution in [0.5, 0.6) is 5.88 Å². The molecule has 0 unspecified atom stereocenters. The Bertz CT molecular complexity index is 934. The maximum absolute atomic E-state index is 10.7. The maximum atomic E-state index is 10.7. The van der Waals surface area contributed by atoms with Crippen LogP contribution in [0.25, 0.3) is 10.9 Å². The van der Waals surface area contributed by atoms with E-state index in [9.17, 15) is 5.11 Å². The number of benzene rings is 2. The highest BCUT2D eigenvalue weighted by molar-refractivity contribution is 7.80. The number of para-hydroxylation sites is 1. The van der Waals surface area contributed by atoms with E-state index in [1.54, 1.807) is 4.57 Å². The fourth-order valence-electron chi connectivity index (χ4n) is 2.58. The maximum Gasteiger partial charge on any atom is 0.221 e. The first-order chi connectivity index (χ1) is 12.1. The predicted molar refractivity (Wildman–Crippen MR) is 105 cm³/mol. The molecule has 5 nitrogen and oxygen atoms in total. The summed E-state index contributed by atoms with van der Waals surface area (Å²) in [5.74, 6) is 0.0548. The Kier molecular flexibility index (Phi) is 5.31. The molecule has 0 amide bonds. The molecule has 3 rings (SSSR count). The zero-order valence-corrected chi connectivity index (χ0v) is 15.2. The summed E-state index contributed by atoms with van der Waals surface area (Å²) in [5.41, 5.74) is 2.30. The van der Waals surface area contributed by atoms with Crippen LogP contribution in [0, 0.1) is 0 Å². The van der Waals surface area contributed by atoms with E-state index < -0.39 is 0 Å². The average molecular weight is 373 g/mol. The molecular formula is C18H17ClN4OS. The molecule has 2 aromatic carbocycles. The second-order valence-electron chi connectivity index (χ2n) is 5.44. The summed E-state index contributed by atoms with van der Waals surface area (Å²) >= 11 is 11.0. The van der Waals surface area contributed by atoms with E-state index in [1.165, 1.54) is 0 Å². The van der Waals surface area contributed by atoms with Crippen LogP contribution < -0.4 is 5.32 Å². The number of hydrogen-bond donors (Lipinski definition) is 2. The normalized spacial score (nSPS) is 11.3. The number of aromatic nitrogens is 1. The molecule has 3 aromatic rings. The highest BCUT2D eigenvalue weighted by Gasteiger charge is 2.16. The van der Waals surface area contributed by atoms with E-state index in [0.29, 0.717) is 23.8 Å². The molecule has 1 heterocycles. The van der Waals surface area contributed by atoms with Gasteiger partial charge in [-0.25, -0.2) is 0 Å². The van der Waals surface area contributed by atoms with Crippen LogP contribution in [0.15, 0.2) is 58.8 Å². The number of aromatic hydroxyl groups is 1. The number of fused-ring (bicyclic) bond motifs is 1. The second kappa shape index (κ2) is 7.63. The molecule has 128 valence electrons. The number of thiocarbonyl (C=S) groups is 1. The standard InChI is InChI=1S/C18H17ClN4OS/c1-2-20-18(25)22-21-16-14-5-3-4-6-15(14)23(17(16)24)11-12-7-9-13(19)10-8-12/h3-10,24H,2,11H2,1H3,(H,20,25). The van der Waals surface area contributed by atoms with Crippen molar-refractivity contribution in [3.05, 3.63) is 59.1 Å². The van der Waals surface area contributed by atoms with Crippen LogP contribution in [-0.4, -0.2) is 21.3 Å². The van der Waals surface area contributed by atoms with Crippen molar-refractivity contribution in [2.24, 2.45) is 10.2 Å². The molecule has 0 radical (unpaired) electrons. The zero-order valence-electron chi connectivity index (χ0n) is 13.6. The van der Waals surface area contributed by atoms with Gasteiger partial charge in [-0.3, -0.25) is 0 Å². The van der Waals surface area contributed by atoms with Gasteiger partial charge in [-0.15, -0.1) is 10.2 Å². The summed E-state index contributed by atoms with van der Waals surface area (Å²) < 4.78 is 1.79. The van der Waals surface area contributed by atoms with Crippen LogP contribution >= 0.6 is 23.8 Å². The summed E-state index contributed by atoms with van der Waals surface area (Å²) in [5, 5.41) is 23.5. The number of halogens is 1. The highest BCUT2D eigenvalue weighted by atomic mass is 35.5. The Morgan fingerprint density at radius 3 is 2.64 bits per heavy atom. The lowest BCUT2D eigenvalue weighted by Crippen LogP contribution is -2.17. The third-order valence-electron chi connectivity index (χ3n) is 3.74. The molecule has 25 heavy (non-hydrogen) atoms. The van der Waals surface area contributed by atoms with Gasteiger partial charge in [0.15, 0.2) is 5.69 Å². The van der Waals surface area contributed by atoms with Gasteiger partial charge in [0, 0.05) is 17.0 Å². The molecule has 7 heteroatoms. The van der Waals surface area contributed by atoms with Crippen molar-refractivity contribution in [3.63, 3.8) is 0 Å². The molecule has 0 aliphatic heterocycles. The van der Waals surface area contributed by atoms with Gasteiger partial charge in [0.1, 0.15) is 0 Å². The van der Waals surface area contributed by atoms with Crippen molar-refractivity contribution in [1.82, 2.24) is 9.88 Å². The van der Waals surface area contributed by atoms with Crippen LogP contribution in [0.4, 0.5) is 5.69 Å². The minimum Gasteiger partial charge on any atom is -0.493 e. The number of azo groups is 1. The van der Waals surface area contributed by atoms with Crippen LogP contribution in [-0.2, 0) is 6.54 Å². The molecule has 0 atom stereocenters. The van der Waals surface area contributed by atoms with Gasteiger partial charge in [0.05, 0.1) is 12.1 Å². The predicted octanol–water partition coefficient (Wildman–Crippen LogP) is 5.03. The first-order valence-corrected chi connectivity index (χ1v) is 8.63. The molecule has 0 saturated heterocycles. The number of rotatable bonds is 4. The molecule has 0 fully saturated rings. The number of nitrogens with zero attached hydrogens (tertiary/aromatic N) is 3. The van der Waals surface area contributed by atoms with Crippen LogP contribution in [0.2, 0.25) is 5.02 Å². The Morgan fingerprint density at radius 2 is 1.92 bits per heavy atom. The minimum absolute atomic E-state index is 0.0548. The summed E-state index contributed by atoms with van der Waals surface area (Å²) in [6.45, 7) is 3.09. The molecule has 1 aromatic heterocycles. The average Bonchev–Trinajstić information content (AvgIpc) is 2.87. The van der Waals surface area contributed by atoms with Crippen LogP contribution in [0.3, 0.4) is 0 Å². The van der Waals surface area contributed by atoms with Gasteiger partial charge in [-0.2, -0.15) is 0 Å².